The summed E-state index contributed by atoms with van der Waals surface area (Å²) in [5, 5.41) is 8.92. The van der Waals surface area contributed by atoms with Crippen molar-refractivity contribution in [3.05, 3.63) is 11.9 Å². The lowest BCUT2D eigenvalue weighted by atomic mass is 10.2. The maximum absolute atomic E-state index is 8.92. The second-order valence-corrected chi connectivity index (χ2v) is 4.18. The molecule has 0 radical (unpaired) electrons. The Morgan fingerprint density at radius 1 is 1.47 bits per heavy atom. The minimum Gasteiger partial charge on any atom is -0.396 e. The highest BCUT2D eigenvalue weighted by molar-refractivity contribution is 5.57. The molecule has 17 heavy (non-hydrogen) atoms. The lowest BCUT2D eigenvalue weighted by Gasteiger charge is -2.29. The summed E-state index contributed by atoms with van der Waals surface area (Å²) in [6, 6.07) is 0.306. The van der Waals surface area contributed by atoms with Crippen LogP contribution in [0.25, 0.3) is 0 Å². The highest BCUT2D eigenvalue weighted by Crippen LogP contribution is 2.23. The average molecular weight is 239 g/mol. The van der Waals surface area contributed by atoms with Crippen LogP contribution in [-0.2, 0) is 0 Å². The van der Waals surface area contributed by atoms with Gasteiger partial charge in [0.05, 0.1) is 0 Å². The maximum atomic E-state index is 8.92. The molecule has 0 aliphatic rings. The van der Waals surface area contributed by atoms with Crippen LogP contribution >= 0.6 is 0 Å². The van der Waals surface area contributed by atoms with Crippen molar-refractivity contribution in [1.29, 1.82) is 0 Å². The maximum Gasteiger partial charge on any atom is 0.148 e. The summed E-state index contributed by atoms with van der Waals surface area (Å²) in [6.45, 7) is 7.05. The number of hydrogen-bond acceptors (Lipinski definition) is 6. The van der Waals surface area contributed by atoms with E-state index in [1.165, 1.54) is 6.33 Å². The molecule has 1 heterocycles. The van der Waals surface area contributed by atoms with Crippen LogP contribution in [0.3, 0.4) is 0 Å². The van der Waals surface area contributed by atoms with Crippen molar-refractivity contribution < 1.29 is 5.11 Å². The van der Waals surface area contributed by atoms with Gasteiger partial charge >= 0.3 is 0 Å². The molecule has 96 valence electrons. The first-order valence-corrected chi connectivity index (χ1v) is 5.77. The Morgan fingerprint density at radius 2 is 2.18 bits per heavy atom. The lowest BCUT2D eigenvalue weighted by molar-refractivity contribution is 0.288. The molecular formula is C11H21N5O. The number of anilines is 2. The summed E-state index contributed by atoms with van der Waals surface area (Å²) in [4.78, 5) is 10.5. The van der Waals surface area contributed by atoms with E-state index in [2.05, 4.69) is 34.1 Å². The minimum absolute atomic E-state index is 0.176. The fourth-order valence-electron chi connectivity index (χ4n) is 1.73. The number of hydrazine groups is 1. The van der Waals surface area contributed by atoms with Crippen molar-refractivity contribution in [1.82, 2.24) is 9.97 Å². The summed E-state index contributed by atoms with van der Waals surface area (Å²) in [5.41, 5.74) is 3.48. The molecule has 0 aliphatic heterocycles. The zero-order valence-corrected chi connectivity index (χ0v) is 10.6. The Kier molecular flexibility index (Phi) is 5.11. The van der Waals surface area contributed by atoms with Gasteiger partial charge in [-0.1, -0.05) is 0 Å². The topological polar surface area (TPSA) is 87.3 Å². The summed E-state index contributed by atoms with van der Waals surface area (Å²) < 4.78 is 0. The van der Waals surface area contributed by atoms with Crippen LogP contribution in [0, 0.1) is 6.92 Å². The summed E-state index contributed by atoms with van der Waals surface area (Å²) in [6.07, 6.45) is 2.21. The van der Waals surface area contributed by atoms with E-state index in [1.807, 2.05) is 6.92 Å². The van der Waals surface area contributed by atoms with E-state index < -0.39 is 0 Å². The Balaban J connectivity index is 3.01. The third-order valence-electron chi connectivity index (χ3n) is 2.65. The van der Waals surface area contributed by atoms with E-state index in [9.17, 15) is 0 Å². The molecule has 1 aromatic rings. The second-order valence-electron chi connectivity index (χ2n) is 4.18. The summed E-state index contributed by atoms with van der Waals surface area (Å²) in [5.74, 6) is 6.88. The van der Waals surface area contributed by atoms with Crippen molar-refractivity contribution in [3.8, 4) is 0 Å². The number of aliphatic hydroxyl groups excluding tert-OH is 1. The average Bonchev–Trinajstić information content (AvgIpc) is 2.31. The molecule has 0 fully saturated rings. The van der Waals surface area contributed by atoms with Gasteiger partial charge in [0.25, 0.3) is 0 Å². The number of hydrogen-bond donors (Lipinski definition) is 3. The van der Waals surface area contributed by atoms with E-state index in [4.69, 9.17) is 10.9 Å². The van der Waals surface area contributed by atoms with Crippen molar-refractivity contribution in [2.45, 2.75) is 33.2 Å². The lowest BCUT2D eigenvalue weighted by Crippen LogP contribution is -2.34. The number of nitrogens with one attached hydrogen (secondary N) is 1. The monoisotopic (exact) mass is 239 g/mol. The molecule has 0 saturated heterocycles. The molecule has 0 atom stereocenters. The number of nitrogens with two attached hydrogens (primary N) is 1. The number of nitrogen functional groups attached to an aromatic ring is 1. The van der Waals surface area contributed by atoms with Crippen LogP contribution in [0.2, 0.25) is 0 Å². The van der Waals surface area contributed by atoms with Gasteiger partial charge in [-0.05, 0) is 27.2 Å². The van der Waals surface area contributed by atoms with E-state index in [0.29, 0.717) is 18.3 Å². The van der Waals surface area contributed by atoms with Crippen LogP contribution in [-0.4, -0.2) is 34.3 Å². The van der Waals surface area contributed by atoms with Crippen LogP contribution in [0.5, 0.6) is 0 Å². The van der Waals surface area contributed by atoms with Gasteiger partial charge in [-0.25, -0.2) is 15.8 Å². The van der Waals surface area contributed by atoms with E-state index >= 15 is 0 Å². The third kappa shape index (κ3) is 3.28. The van der Waals surface area contributed by atoms with E-state index in [1.54, 1.807) is 0 Å². The standard InChI is InChI=1S/C11H21N5O/c1-8(2)16(5-4-6-17)11-9(3)10(15-12)13-7-14-11/h7-8,17H,4-6,12H2,1-3H3,(H,13,14,15). The van der Waals surface area contributed by atoms with Crippen molar-refractivity contribution in [3.63, 3.8) is 0 Å². The van der Waals surface area contributed by atoms with Gasteiger partial charge in [0.15, 0.2) is 0 Å². The van der Waals surface area contributed by atoms with Gasteiger partial charge in [0.2, 0.25) is 0 Å². The molecule has 0 unspecified atom stereocenters. The highest BCUT2D eigenvalue weighted by Gasteiger charge is 2.16. The van der Waals surface area contributed by atoms with Gasteiger partial charge in [-0.2, -0.15) is 0 Å². The van der Waals surface area contributed by atoms with Crippen LogP contribution < -0.4 is 16.2 Å². The minimum atomic E-state index is 0.176. The zero-order valence-electron chi connectivity index (χ0n) is 10.6. The quantitative estimate of drug-likeness (QED) is 0.499. The van der Waals surface area contributed by atoms with Crippen LogP contribution in [0.1, 0.15) is 25.8 Å². The molecule has 1 rings (SSSR count). The molecule has 4 N–H and O–H groups in total. The van der Waals surface area contributed by atoms with E-state index in [-0.39, 0.29) is 6.61 Å². The largest absolute Gasteiger partial charge is 0.396 e. The molecule has 0 aromatic carbocycles. The summed E-state index contributed by atoms with van der Waals surface area (Å²) >= 11 is 0. The first-order chi connectivity index (χ1) is 8.11. The SMILES string of the molecule is Cc1c(NN)ncnc1N(CCCO)C(C)C. The molecule has 0 spiro atoms. The van der Waals surface area contributed by atoms with Crippen LogP contribution in [0.15, 0.2) is 6.33 Å². The predicted octanol–water partition coefficient (Wildman–Crippen LogP) is 0.668. The normalized spacial score (nSPS) is 10.7. The first kappa shape index (κ1) is 13.7. The first-order valence-electron chi connectivity index (χ1n) is 5.77. The molecule has 0 saturated carbocycles. The Hall–Kier alpha value is -1.40. The number of rotatable bonds is 6. The summed E-state index contributed by atoms with van der Waals surface area (Å²) in [7, 11) is 0. The smallest absolute Gasteiger partial charge is 0.148 e. The Labute approximate surface area is 102 Å². The van der Waals surface area contributed by atoms with Crippen molar-refractivity contribution >= 4 is 11.6 Å². The molecule has 6 nitrogen and oxygen atoms in total. The number of nitrogens with zero attached hydrogens (tertiary/aromatic N) is 3. The zero-order chi connectivity index (χ0) is 12.8. The number of aliphatic hydroxyl groups is 1. The fraction of sp³-hybridized carbons (Fsp3) is 0.636. The van der Waals surface area contributed by atoms with Crippen molar-refractivity contribution in [2.24, 2.45) is 5.84 Å². The molecule has 0 aliphatic carbocycles. The van der Waals surface area contributed by atoms with Crippen molar-refractivity contribution in [2.75, 3.05) is 23.5 Å². The Bertz CT molecular complexity index is 356. The molecule has 1 aromatic heterocycles. The van der Waals surface area contributed by atoms with E-state index in [0.717, 1.165) is 17.9 Å². The second kappa shape index (κ2) is 6.36. The molecule has 0 bridgehead atoms. The van der Waals surface area contributed by atoms with Crippen LogP contribution in [0.4, 0.5) is 11.6 Å². The predicted molar refractivity (Wildman–Crippen MR) is 68.8 cm³/mol. The molecular weight excluding hydrogens is 218 g/mol. The van der Waals surface area contributed by atoms with Gasteiger partial charge in [-0.15, -0.1) is 0 Å². The van der Waals surface area contributed by atoms with Gasteiger partial charge < -0.3 is 15.4 Å². The number of aromatic nitrogens is 2. The fourth-order valence-corrected chi connectivity index (χ4v) is 1.73. The Morgan fingerprint density at radius 3 is 2.71 bits per heavy atom. The van der Waals surface area contributed by atoms with Gasteiger partial charge in [0, 0.05) is 24.8 Å². The molecule has 6 heteroatoms. The van der Waals surface area contributed by atoms with Gasteiger partial charge in [-0.3, -0.25) is 0 Å². The van der Waals surface area contributed by atoms with Gasteiger partial charge in [0.1, 0.15) is 18.0 Å². The third-order valence-corrected chi connectivity index (χ3v) is 2.65. The molecule has 0 amide bonds. The highest BCUT2D eigenvalue weighted by atomic mass is 16.3.